The predicted octanol–water partition coefficient (Wildman–Crippen LogP) is 0.583. The normalized spacial score (nSPS) is 14.5. The van der Waals surface area contributed by atoms with E-state index < -0.39 is 0 Å². The number of aliphatic hydroxyl groups excluding tert-OH is 1. The van der Waals surface area contributed by atoms with Crippen LogP contribution in [0.2, 0.25) is 0 Å². The first-order valence-corrected chi connectivity index (χ1v) is 6.20. The molecule has 0 atom stereocenters. The number of nitrogens with zero attached hydrogens (tertiary/aromatic N) is 3. The first-order valence-electron chi connectivity index (χ1n) is 6.20. The topological polar surface area (TPSA) is 63.0 Å². The molecule has 3 rings (SSSR count). The molecule has 0 amide bonds. The van der Waals surface area contributed by atoms with Crippen LogP contribution < -0.4 is 5.32 Å². The first kappa shape index (κ1) is 11.4. The van der Waals surface area contributed by atoms with E-state index in [0.717, 1.165) is 30.8 Å². The molecular formula is C13H16N4O. The second-order valence-corrected chi connectivity index (χ2v) is 4.39. The summed E-state index contributed by atoms with van der Waals surface area (Å²) < 4.78 is 1.93. The number of aromatic nitrogens is 3. The summed E-state index contributed by atoms with van der Waals surface area (Å²) in [5, 5.41) is 17.1. The van der Waals surface area contributed by atoms with Gasteiger partial charge in [-0.05, 0) is 12.1 Å². The lowest BCUT2D eigenvalue weighted by atomic mass is 10.0. The minimum Gasteiger partial charge on any atom is -0.394 e. The van der Waals surface area contributed by atoms with E-state index in [1.807, 2.05) is 23.0 Å². The third-order valence-corrected chi connectivity index (χ3v) is 3.25. The highest BCUT2D eigenvalue weighted by atomic mass is 16.3. The number of hydrogen-bond acceptors (Lipinski definition) is 4. The Hall–Kier alpha value is -1.72. The summed E-state index contributed by atoms with van der Waals surface area (Å²) in [6, 6.07) is 3.94. The molecule has 5 heteroatoms. The van der Waals surface area contributed by atoms with Crippen LogP contribution in [0.5, 0.6) is 0 Å². The van der Waals surface area contributed by atoms with Crippen molar-refractivity contribution in [3.05, 3.63) is 35.8 Å². The van der Waals surface area contributed by atoms with Gasteiger partial charge in [0.15, 0.2) is 0 Å². The van der Waals surface area contributed by atoms with E-state index in [4.69, 9.17) is 5.11 Å². The second-order valence-electron chi connectivity index (χ2n) is 4.39. The molecule has 1 aliphatic rings. The third-order valence-electron chi connectivity index (χ3n) is 3.25. The Morgan fingerprint density at radius 2 is 2.39 bits per heavy atom. The fourth-order valence-corrected chi connectivity index (χ4v) is 2.43. The van der Waals surface area contributed by atoms with Gasteiger partial charge in [0.2, 0.25) is 0 Å². The first-order chi connectivity index (χ1) is 8.90. The molecule has 5 nitrogen and oxygen atoms in total. The van der Waals surface area contributed by atoms with Gasteiger partial charge in [-0.1, -0.05) is 0 Å². The van der Waals surface area contributed by atoms with Crippen LogP contribution >= 0.6 is 0 Å². The summed E-state index contributed by atoms with van der Waals surface area (Å²) in [5.41, 5.74) is 4.50. The van der Waals surface area contributed by atoms with Gasteiger partial charge in [-0.2, -0.15) is 5.10 Å². The van der Waals surface area contributed by atoms with Crippen LogP contribution in [0.3, 0.4) is 0 Å². The average molecular weight is 244 g/mol. The van der Waals surface area contributed by atoms with E-state index in [0.29, 0.717) is 6.54 Å². The van der Waals surface area contributed by atoms with E-state index in [1.165, 1.54) is 11.3 Å². The molecule has 0 bridgehead atoms. The highest BCUT2D eigenvalue weighted by Gasteiger charge is 2.21. The number of rotatable bonds is 3. The molecule has 18 heavy (non-hydrogen) atoms. The zero-order valence-electron chi connectivity index (χ0n) is 10.1. The van der Waals surface area contributed by atoms with Crippen LogP contribution in [0.15, 0.2) is 24.5 Å². The maximum atomic E-state index is 9.11. The quantitative estimate of drug-likeness (QED) is 0.829. The molecule has 0 radical (unpaired) electrons. The minimum absolute atomic E-state index is 0.119. The molecule has 0 saturated carbocycles. The highest BCUT2D eigenvalue weighted by molar-refractivity contribution is 5.63. The van der Waals surface area contributed by atoms with Crippen LogP contribution in [-0.4, -0.2) is 33.0 Å². The van der Waals surface area contributed by atoms with Gasteiger partial charge in [-0.15, -0.1) is 0 Å². The molecule has 3 heterocycles. The largest absolute Gasteiger partial charge is 0.394 e. The van der Waals surface area contributed by atoms with Crippen molar-refractivity contribution in [2.24, 2.45) is 0 Å². The van der Waals surface area contributed by atoms with Crippen molar-refractivity contribution in [1.82, 2.24) is 20.1 Å². The summed E-state index contributed by atoms with van der Waals surface area (Å²) in [6.45, 7) is 2.48. The number of aliphatic hydroxyl groups is 1. The molecule has 0 unspecified atom stereocenters. The maximum Gasteiger partial charge on any atom is 0.0986 e. The molecule has 1 aliphatic heterocycles. The number of fused-ring (bicyclic) bond motifs is 1. The monoisotopic (exact) mass is 244 g/mol. The Morgan fingerprint density at radius 1 is 1.44 bits per heavy atom. The summed E-state index contributed by atoms with van der Waals surface area (Å²) in [7, 11) is 0. The molecule has 2 aromatic heterocycles. The van der Waals surface area contributed by atoms with Gasteiger partial charge in [-0.3, -0.25) is 9.67 Å². The zero-order chi connectivity index (χ0) is 12.4. The fraction of sp³-hybridized carbons (Fsp3) is 0.385. The summed E-state index contributed by atoms with van der Waals surface area (Å²) in [4.78, 5) is 4.15. The zero-order valence-corrected chi connectivity index (χ0v) is 10.1. The van der Waals surface area contributed by atoms with Crippen molar-refractivity contribution in [2.75, 3.05) is 13.2 Å². The highest BCUT2D eigenvalue weighted by Crippen LogP contribution is 2.26. The number of hydrogen-bond donors (Lipinski definition) is 2. The molecule has 0 saturated heterocycles. The van der Waals surface area contributed by atoms with Gasteiger partial charge in [0, 0.05) is 48.7 Å². The second kappa shape index (κ2) is 4.88. The fourth-order valence-electron chi connectivity index (χ4n) is 2.43. The lowest BCUT2D eigenvalue weighted by molar-refractivity contribution is 0.267. The van der Waals surface area contributed by atoms with Crippen molar-refractivity contribution in [1.29, 1.82) is 0 Å². The Labute approximate surface area is 105 Å². The van der Waals surface area contributed by atoms with E-state index >= 15 is 0 Å². The van der Waals surface area contributed by atoms with Crippen molar-refractivity contribution in [3.8, 4) is 11.3 Å². The maximum absolute atomic E-state index is 9.11. The molecule has 0 fully saturated rings. The van der Waals surface area contributed by atoms with Crippen LogP contribution in [-0.2, 0) is 19.5 Å². The van der Waals surface area contributed by atoms with Gasteiger partial charge < -0.3 is 10.4 Å². The molecule has 0 aliphatic carbocycles. The number of pyridine rings is 1. The molecule has 2 N–H and O–H groups in total. The van der Waals surface area contributed by atoms with Gasteiger partial charge in [0.05, 0.1) is 18.8 Å². The van der Waals surface area contributed by atoms with E-state index in [2.05, 4.69) is 15.4 Å². The SMILES string of the molecule is OCCn1nc(-c2cccnc2)c2c1CCNC2. The minimum atomic E-state index is 0.119. The summed E-state index contributed by atoms with van der Waals surface area (Å²) in [6.07, 6.45) is 4.56. The summed E-state index contributed by atoms with van der Waals surface area (Å²) in [5.74, 6) is 0. The van der Waals surface area contributed by atoms with Gasteiger partial charge in [0.1, 0.15) is 0 Å². The lowest BCUT2D eigenvalue weighted by Crippen LogP contribution is -2.25. The number of nitrogens with one attached hydrogen (secondary N) is 1. The molecule has 2 aromatic rings. The predicted molar refractivity (Wildman–Crippen MR) is 68.0 cm³/mol. The Balaban J connectivity index is 2.09. The molecule has 0 aromatic carbocycles. The van der Waals surface area contributed by atoms with Gasteiger partial charge in [-0.25, -0.2) is 0 Å². The van der Waals surface area contributed by atoms with Crippen LogP contribution in [0.25, 0.3) is 11.3 Å². The van der Waals surface area contributed by atoms with Crippen LogP contribution in [0.1, 0.15) is 11.3 Å². The Kier molecular flexibility index (Phi) is 3.08. The molecular weight excluding hydrogens is 228 g/mol. The average Bonchev–Trinajstić information content (AvgIpc) is 2.80. The van der Waals surface area contributed by atoms with E-state index in [1.54, 1.807) is 6.20 Å². The van der Waals surface area contributed by atoms with Crippen molar-refractivity contribution in [3.63, 3.8) is 0 Å². The summed E-state index contributed by atoms with van der Waals surface area (Å²) >= 11 is 0. The van der Waals surface area contributed by atoms with Gasteiger partial charge in [0.25, 0.3) is 0 Å². The van der Waals surface area contributed by atoms with Crippen LogP contribution in [0, 0.1) is 0 Å². The van der Waals surface area contributed by atoms with Crippen molar-refractivity contribution in [2.45, 2.75) is 19.5 Å². The third kappa shape index (κ3) is 1.91. The smallest absolute Gasteiger partial charge is 0.0986 e. The van der Waals surface area contributed by atoms with E-state index in [9.17, 15) is 0 Å². The standard InChI is InChI=1S/C13H16N4O/c18-7-6-17-12-3-5-15-9-11(12)13(16-17)10-2-1-4-14-8-10/h1-2,4,8,15,18H,3,5-7,9H2. The Morgan fingerprint density at radius 3 is 3.17 bits per heavy atom. The van der Waals surface area contributed by atoms with Crippen molar-refractivity contribution >= 4 is 0 Å². The van der Waals surface area contributed by atoms with Crippen molar-refractivity contribution < 1.29 is 5.11 Å². The molecule has 94 valence electrons. The van der Waals surface area contributed by atoms with Gasteiger partial charge >= 0.3 is 0 Å². The lowest BCUT2D eigenvalue weighted by Gasteiger charge is -2.15. The Bertz CT molecular complexity index is 535. The van der Waals surface area contributed by atoms with Crippen LogP contribution in [0.4, 0.5) is 0 Å². The van der Waals surface area contributed by atoms with E-state index in [-0.39, 0.29) is 6.61 Å². The molecule has 0 spiro atoms.